The molecule has 7 heteroatoms. The van der Waals surface area contributed by atoms with Crippen molar-refractivity contribution in [1.29, 1.82) is 0 Å². The molecule has 10 aromatic rings. The van der Waals surface area contributed by atoms with E-state index in [1.165, 1.54) is 11.1 Å². The Kier molecular flexibility index (Phi) is 8.15. The summed E-state index contributed by atoms with van der Waals surface area (Å²) < 4.78 is 13.0. The van der Waals surface area contributed by atoms with E-state index in [4.69, 9.17) is 24.1 Å². The van der Waals surface area contributed by atoms with Crippen molar-refractivity contribution in [2.24, 2.45) is 0 Å². The second-order valence-corrected chi connectivity index (χ2v) is 15.5. The van der Waals surface area contributed by atoms with Gasteiger partial charge >= 0.3 is 0 Å². The van der Waals surface area contributed by atoms with E-state index in [2.05, 4.69) is 179 Å². The van der Waals surface area contributed by atoms with Crippen molar-refractivity contribution >= 4 is 37.6 Å². The Hall–Kier alpha value is -7.50. The molecule has 0 bridgehead atoms. The quantitative estimate of drug-likeness (QED) is 0.158. The van der Waals surface area contributed by atoms with Gasteiger partial charge in [-0.25, -0.2) is 15.0 Å². The van der Waals surface area contributed by atoms with E-state index in [9.17, 15) is 0 Å². The van der Waals surface area contributed by atoms with Crippen LogP contribution < -0.4 is 4.74 Å². The third-order valence-electron chi connectivity index (χ3n) is 11.4. The Balaban J connectivity index is 1.02. The van der Waals surface area contributed by atoms with Crippen molar-refractivity contribution < 1.29 is 9.15 Å². The zero-order chi connectivity index (χ0) is 39.5. The van der Waals surface area contributed by atoms with Gasteiger partial charge in [0.05, 0.1) is 5.40 Å². The highest BCUT2D eigenvalue weighted by Crippen LogP contribution is 2.48. The van der Waals surface area contributed by atoms with Crippen LogP contribution in [0, 0.1) is 0 Å². The highest BCUT2D eigenvalue weighted by atomic mass is 16.5. The lowest BCUT2D eigenvalue weighted by molar-refractivity contribution is 0.241. The van der Waals surface area contributed by atoms with Crippen LogP contribution in [0.1, 0.15) is 5.56 Å². The molecule has 1 aliphatic heterocycles. The first-order valence-corrected chi connectivity index (χ1v) is 19.9. The van der Waals surface area contributed by atoms with Gasteiger partial charge in [-0.05, 0) is 57.1 Å². The van der Waals surface area contributed by atoms with E-state index in [1.807, 2.05) is 24.3 Å². The topological polar surface area (TPSA) is 61.0 Å². The first-order valence-electron chi connectivity index (χ1n) is 19.9. The molecular formula is C52H35B2N3O2. The molecule has 0 radical (unpaired) electrons. The second-order valence-electron chi connectivity index (χ2n) is 15.5. The summed E-state index contributed by atoms with van der Waals surface area (Å²) in [6.45, 7) is 0. The normalized spacial score (nSPS) is 12.8. The van der Waals surface area contributed by atoms with Crippen LogP contribution in [-0.2, 0) is 5.40 Å². The lowest BCUT2D eigenvalue weighted by atomic mass is 9.58. The zero-order valence-electron chi connectivity index (χ0n) is 32.6. The highest BCUT2D eigenvalue weighted by molar-refractivity contribution is 6.40. The molecule has 2 aromatic heterocycles. The number of benzene rings is 8. The molecule has 11 rings (SSSR count). The van der Waals surface area contributed by atoms with Gasteiger partial charge in [0.15, 0.2) is 33.2 Å². The third-order valence-corrected chi connectivity index (χ3v) is 11.4. The molecule has 0 aliphatic carbocycles. The van der Waals surface area contributed by atoms with Crippen LogP contribution in [0.4, 0.5) is 0 Å². The summed E-state index contributed by atoms with van der Waals surface area (Å²) >= 11 is 0. The molecule has 1 aliphatic rings. The molecule has 0 fully saturated rings. The van der Waals surface area contributed by atoms with Gasteiger partial charge in [0, 0.05) is 38.6 Å². The molecule has 0 amide bonds. The Labute approximate surface area is 343 Å². The van der Waals surface area contributed by atoms with Crippen LogP contribution in [-0.4, -0.2) is 30.6 Å². The average Bonchev–Trinajstić information content (AvgIpc) is 3.68. The van der Waals surface area contributed by atoms with Crippen molar-refractivity contribution in [3.05, 3.63) is 194 Å². The van der Waals surface area contributed by atoms with Gasteiger partial charge in [-0.2, -0.15) is 0 Å². The summed E-state index contributed by atoms with van der Waals surface area (Å²) in [5.74, 6) is 2.68. The van der Waals surface area contributed by atoms with Crippen molar-refractivity contribution in [1.82, 2.24) is 15.0 Å². The smallest absolute Gasteiger partial charge is 0.164 e. The van der Waals surface area contributed by atoms with Gasteiger partial charge in [-0.15, -0.1) is 0 Å². The lowest BCUT2D eigenvalue weighted by Gasteiger charge is -2.36. The fourth-order valence-electron chi connectivity index (χ4n) is 8.50. The Morgan fingerprint density at radius 3 is 1.69 bits per heavy atom. The van der Waals surface area contributed by atoms with E-state index in [0.717, 1.165) is 83.3 Å². The van der Waals surface area contributed by atoms with Crippen molar-refractivity contribution in [2.45, 2.75) is 5.40 Å². The summed E-state index contributed by atoms with van der Waals surface area (Å²) in [5, 5.41) is 1.76. The molecule has 5 nitrogen and oxygen atoms in total. The maximum atomic E-state index is 6.58. The van der Waals surface area contributed by atoms with Gasteiger partial charge < -0.3 is 9.15 Å². The SMILES string of the molecule is BC1(B)Oc2cccc(-c3ccc(-c4nc(-c5ccc(-c6ccccc6)cc5)nc(-c5cccc(-c6cccc7c6oc6ccccc67)c5)n4)cc3)c2-c2ccccc21. The first-order chi connectivity index (χ1) is 29.0. The number of fused-ring (bicyclic) bond motifs is 6. The molecule has 0 N–H and O–H groups in total. The molecule has 0 atom stereocenters. The third kappa shape index (κ3) is 6.10. The predicted octanol–water partition coefficient (Wildman–Crippen LogP) is 11.2. The van der Waals surface area contributed by atoms with E-state index in [0.29, 0.717) is 17.5 Å². The van der Waals surface area contributed by atoms with Gasteiger partial charge in [-0.3, -0.25) is 0 Å². The van der Waals surface area contributed by atoms with Gasteiger partial charge in [0.25, 0.3) is 0 Å². The zero-order valence-corrected chi connectivity index (χ0v) is 32.6. The number of ether oxygens (including phenoxy) is 1. The molecule has 0 unspecified atom stereocenters. The standard InChI is InChI=1S/C52H35B2N3O2/c53-52(54)44-20-6-4-16-43(44)47-39(17-10-22-46(47)59-52)34-25-29-36(30-26-34)50-55-49(35-27-23-33(24-28-35)32-11-2-1-3-12-32)56-51(57-50)38-14-8-13-37(31-38)40-18-9-19-42-41-15-5-7-21-45(41)58-48(40)42/h1-31H,53-54H2. The van der Waals surface area contributed by atoms with E-state index >= 15 is 0 Å². The van der Waals surface area contributed by atoms with Crippen molar-refractivity contribution in [3.63, 3.8) is 0 Å². The number of aromatic nitrogens is 3. The van der Waals surface area contributed by atoms with Gasteiger partial charge in [0.2, 0.25) is 0 Å². The summed E-state index contributed by atoms with van der Waals surface area (Å²) in [4.78, 5) is 15.4. The molecule has 3 heterocycles. The first kappa shape index (κ1) is 34.7. The Bertz CT molecular complexity index is 3210. The van der Waals surface area contributed by atoms with Crippen LogP contribution >= 0.6 is 0 Å². The van der Waals surface area contributed by atoms with Crippen molar-refractivity contribution in [3.8, 4) is 84.4 Å². The molecule has 59 heavy (non-hydrogen) atoms. The molecular weight excluding hydrogens is 720 g/mol. The monoisotopic (exact) mass is 755 g/mol. The number of hydrogen-bond donors (Lipinski definition) is 0. The van der Waals surface area contributed by atoms with Crippen LogP contribution in [0.3, 0.4) is 0 Å². The van der Waals surface area contributed by atoms with Crippen LogP contribution in [0.5, 0.6) is 5.75 Å². The van der Waals surface area contributed by atoms with Gasteiger partial charge in [0.1, 0.15) is 16.9 Å². The lowest BCUT2D eigenvalue weighted by Crippen LogP contribution is -2.37. The van der Waals surface area contributed by atoms with Crippen LogP contribution in [0.15, 0.2) is 192 Å². The predicted molar refractivity (Wildman–Crippen MR) is 245 cm³/mol. The number of rotatable bonds is 6. The number of hydrogen-bond acceptors (Lipinski definition) is 5. The number of nitrogens with zero attached hydrogens (tertiary/aromatic N) is 3. The Morgan fingerprint density at radius 2 is 0.915 bits per heavy atom. The Morgan fingerprint density at radius 1 is 0.390 bits per heavy atom. The minimum absolute atomic E-state index is 0.428. The molecule has 0 saturated carbocycles. The molecule has 0 spiro atoms. The maximum Gasteiger partial charge on any atom is 0.164 e. The van der Waals surface area contributed by atoms with Crippen LogP contribution in [0.2, 0.25) is 0 Å². The van der Waals surface area contributed by atoms with E-state index in [-0.39, 0.29) is 0 Å². The summed E-state index contributed by atoms with van der Waals surface area (Å²) in [5.41, 5.74) is 14.4. The fraction of sp³-hybridized carbons (Fsp3) is 0.0192. The summed E-state index contributed by atoms with van der Waals surface area (Å²) in [6, 6.07) is 65.1. The van der Waals surface area contributed by atoms with Crippen LogP contribution in [0.25, 0.3) is 101 Å². The highest BCUT2D eigenvalue weighted by Gasteiger charge is 2.33. The maximum absolute atomic E-state index is 6.58. The van der Waals surface area contributed by atoms with E-state index < -0.39 is 5.40 Å². The number of furan rings is 1. The molecule has 0 saturated heterocycles. The molecule has 8 aromatic carbocycles. The molecule has 276 valence electrons. The number of para-hydroxylation sites is 2. The summed E-state index contributed by atoms with van der Waals surface area (Å²) in [7, 11) is 4.25. The minimum atomic E-state index is -0.428. The average molecular weight is 755 g/mol. The summed E-state index contributed by atoms with van der Waals surface area (Å²) in [6.07, 6.45) is 0. The largest absolute Gasteiger partial charge is 0.500 e. The fourth-order valence-corrected chi connectivity index (χ4v) is 8.50. The van der Waals surface area contributed by atoms with Gasteiger partial charge in [-0.1, -0.05) is 170 Å². The minimum Gasteiger partial charge on any atom is -0.500 e. The van der Waals surface area contributed by atoms with Crippen molar-refractivity contribution in [2.75, 3.05) is 0 Å². The van der Waals surface area contributed by atoms with E-state index in [1.54, 1.807) is 0 Å². The second kappa shape index (κ2) is 13.9.